The maximum absolute atomic E-state index is 10.8. The molecular weight excluding hydrogens is 414 g/mol. The maximum Gasteiger partial charge on any atom is 0.303 e. The Morgan fingerprint density at radius 3 is 2.55 bits per heavy atom. The normalized spacial score (nSPS) is 10.6. The number of hydrogen-bond donors (Lipinski definition) is 1. The Hall–Kier alpha value is -3.72. The lowest BCUT2D eigenvalue weighted by atomic mass is 9.96. The lowest BCUT2D eigenvalue weighted by Crippen LogP contribution is -2.10. The molecule has 0 aliphatic heterocycles. The Morgan fingerprint density at radius 1 is 1.09 bits per heavy atom. The number of nitrogens with zero attached hydrogens (tertiary/aromatic N) is 3. The van der Waals surface area contributed by atoms with Crippen molar-refractivity contribution in [3.05, 3.63) is 76.7 Å². The predicted molar refractivity (Wildman–Crippen MR) is 127 cm³/mol. The molecule has 6 nitrogen and oxygen atoms in total. The van der Waals surface area contributed by atoms with Crippen LogP contribution < -0.4 is 4.74 Å². The van der Waals surface area contributed by atoms with Crippen molar-refractivity contribution in [2.45, 2.75) is 52.4 Å². The third-order valence-corrected chi connectivity index (χ3v) is 5.40. The fourth-order valence-electron chi connectivity index (χ4n) is 3.70. The minimum atomic E-state index is -0.834. The number of aryl methyl sites for hydroxylation is 2. The minimum absolute atomic E-state index is 0.0632. The zero-order valence-corrected chi connectivity index (χ0v) is 19.2. The van der Waals surface area contributed by atoms with Crippen LogP contribution >= 0.6 is 0 Å². The van der Waals surface area contributed by atoms with Gasteiger partial charge in [-0.25, -0.2) is 4.98 Å². The van der Waals surface area contributed by atoms with E-state index in [1.807, 2.05) is 43.3 Å². The Morgan fingerprint density at radius 2 is 1.85 bits per heavy atom. The number of benzene rings is 2. The van der Waals surface area contributed by atoms with Gasteiger partial charge in [0.25, 0.3) is 0 Å². The molecule has 0 saturated carbocycles. The SMILES string of the molecule is CCCCc1nc(C)nc(OCCCC(=O)O)c1Cc1ccc(-c2ccccc2C#N)cc1. The number of carboxylic acid groups (broad SMARTS) is 1. The summed E-state index contributed by atoms with van der Waals surface area (Å²) in [6, 6.07) is 18.0. The highest BCUT2D eigenvalue weighted by atomic mass is 16.5. The van der Waals surface area contributed by atoms with E-state index in [4.69, 9.17) is 14.8 Å². The lowest BCUT2D eigenvalue weighted by molar-refractivity contribution is -0.137. The molecule has 0 fully saturated rings. The minimum Gasteiger partial charge on any atom is -0.481 e. The summed E-state index contributed by atoms with van der Waals surface area (Å²) < 4.78 is 5.93. The molecule has 0 atom stereocenters. The predicted octanol–water partition coefficient (Wildman–Crippen LogP) is 5.50. The summed E-state index contributed by atoms with van der Waals surface area (Å²) in [5, 5.41) is 18.3. The molecule has 0 radical (unpaired) electrons. The lowest BCUT2D eigenvalue weighted by Gasteiger charge is -2.15. The molecule has 0 spiro atoms. The number of carbonyl (C=O) groups is 1. The molecule has 1 N–H and O–H groups in total. The van der Waals surface area contributed by atoms with E-state index in [1.54, 1.807) is 0 Å². The Bertz CT molecular complexity index is 1130. The molecule has 170 valence electrons. The van der Waals surface area contributed by atoms with E-state index < -0.39 is 5.97 Å². The van der Waals surface area contributed by atoms with Gasteiger partial charge in [-0.3, -0.25) is 4.79 Å². The smallest absolute Gasteiger partial charge is 0.303 e. The average Bonchev–Trinajstić information content (AvgIpc) is 2.82. The zero-order chi connectivity index (χ0) is 23.6. The summed E-state index contributed by atoms with van der Waals surface area (Å²) in [5.41, 5.74) is 5.58. The first-order valence-corrected chi connectivity index (χ1v) is 11.3. The van der Waals surface area contributed by atoms with Gasteiger partial charge < -0.3 is 9.84 Å². The molecule has 0 bridgehead atoms. The van der Waals surface area contributed by atoms with Crippen LogP contribution in [0.3, 0.4) is 0 Å². The summed E-state index contributed by atoms with van der Waals surface area (Å²) >= 11 is 0. The molecule has 3 aromatic rings. The van der Waals surface area contributed by atoms with E-state index in [9.17, 15) is 10.1 Å². The van der Waals surface area contributed by atoms with Crippen molar-refractivity contribution >= 4 is 5.97 Å². The number of aliphatic carboxylic acids is 1. The van der Waals surface area contributed by atoms with Gasteiger partial charge in [-0.1, -0.05) is 55.8 Å². The highest BCUT2D eigenvalue weighted by Gasteiger charge is 2.16. The maximum atomic E-state index is 10.8. The van der Waals surface area contributed by atoms with Crippen molar-refractivity contribution in [3.63, 3.8) is 0 Å². The van der Waals surface area contributed by atoms with E-state index in [0.29, 0.717) is 36.7 Å². The monoisotopic (exact) mass is 443 g/mol. The molecule has 2 aromatic carbocycles. The number of nitriles is 1. The van der Waals surface area contributed by atoms with Gasteiger partial charge in [-0.2, -0.15) is 10.2 Å². The van der Waals surface area contributed by atoms with Crippen LogP contribution in [0, 0.1) is 18.3 Å². The number of aromatic nitrogens is 2. The molecule has 0 unspecified atom stereocenters. The van der Waals surface area contributed by atoms with E-state index in [1.165, 1.54) is 0 Å². The highest BCUT2D eigenvalue weighted by Crippen LogP contribution is 2.27. The van der Waals surface area contributed by atoms with Crippen LogP contribution in [0.4, 0.5) is 0 Å². The third kappa shape index (κ3) is 6.63. The molecule has 1 heterocycles. The Balaban J connectivity index is 1.87. The van der Waals surface area contributed by atoms with Crippen LogP contribution in [0.15, 0.2) is 48.5 Å². The van der Waals surface area contributed by atoms with Crippen molar-refractivity contribution in [2.24, 2.45) is 0 Å². The summed E-state index contributed by atoms with van der Waals surface area (Å²) in [7, 11) is 0. The third-order valence-electron chi connectivity index (χ3n) is 5.40. The zero-order valence-electron chi connectivity index (χ0n) is 19.2. The van der Waals surface area contributed by atoms with Crippen molar-refractivity contribution in [2.75, 3.05) is 6.61 Å². The molecule has 3 rings (SSSR count). The largest absolute Gasteiger partial charge is 0.481 e. The van der Waals surface area contributed by atoms with Gasteiger partial charge >= 0.3 is 5.97 Å². The van der Waals surface area contributed by atoms with Crippen molar-refractivity contribution in [1.29, 1.82) is 5.26 Å². The summed E-state index contributed by atoms with van der Waals surface area (Å²) in [4.78, 5) is 20.0. The van der Waals surface area contributed by atoms with Gasteiger partial charge in [0, 0.05) is 18.4 Å². The second-order valence-corrected chi connectivity index (χ2v) is 7.98. The van der Waals surface area contributed by atoms with Crippen LogP contribution in [-0.2, 0) is 17.6 Å². The number of rotatable bonds is 11. The fourth-order valence-corrected chi connectivity index (χ4v) is 3.70. The summed E-state index contributed by atoms with van der Waals surface area (Å²) in [6.45, 7) is 4.30. The molecule has 0 amide bonds. The Labute approximate surface area is 194 Å². The first kappa shape index (κ1) is 23.9. The number of ether oxygens (including phenoxy) is 1. The van der Waals surface area contributed by atoms with Gasteiger partial charge in [-0.15, -0.1) is 0 Å². The molecule has 33 heavy (non-hydrogen) atoms. The summed E-state index contributed by atoms with van der Waals surface area (Å²) in [5.74, 6) is 0.360. The van der Waals surface area contributed by atoms with Crippen molar-refractivity contribution in [1.82, 2.24) is 9.97 Å². The van der Waals surface area contributed by atoms with E-state index >= 15 is 0 Å². The molecule has 0 aliphatic carbocycles. The molecule has 0 aliphatic rings. The van der Waals surface area contributed by atoms with Crippen molar-refractivity contribution < 1.29 is 14.6 Å². The Kier molecular flexibility index (Phi) is 8.54. The second kappa shape index (κ2) is 11.8. The van der Waals surface area contributed by atoms with Crippen LogP contribution in [-0.4, -0.2) is 27.7 Å². The van der Waals surface area contributed by atoms with Gasteiger partial charge in [0.2, 0.25) is 5.88 Å². The van der Waals surface area contributed by atoms with Gasteiger partial charge in [0.05, 0.1) is 23.9 Å². The quantitative estimate of drug-likeness (QED) is 0.393. The van der Waals surface area contributed by atoms with E-state index in [2.05, 4.69) is 30.1 Å². The van der Waals surface area contributed by atoms with Crippen LogP contribution in [0.5, 0.6) is 5.88 Å². The highest BCUT2D eigenvalue weighted by molar-refractivity contribution is 5.70. The number of hydrogen-bond acceptors (Lipinski definition) is 5. The topological polar surface area (TPSA) is 96.1 Å². The van der Waals surface area contributed by atoms with Crippen molar-refractivity contribution in [3.8, 4) is 23.1 Å². The van der Waals surface area contributed by atoms with Crippen LogP contribution in [0.25, 0.3) is 11.1 Å². The number of carboxylic acids is 1. The van der Waals surface area contributed by atoms with Crippen LogP contribution in [0.1, 0.15) is 60.8 Å². The first-order valence-electron chi connectivity index (χ1n) is 11.3. The van der Waals surface area contributed by atoms with E-state index in [-0.39, 0.29) is 6.42 Å². The molecule has 1 aromatic heterocycles. The molecule has 0 saturated heterocycles. The van der Waals surface area contributed by atoms with Gasteiger partial charge in [0.15, 0.2) is 0 Å². The number of unbranched alkanes of at least 4 members (excludes halogenated alkanes) is 1. The standard InChI is InChI=1S/C27H29N3O3/c1-3-4-10-25-24(27(30-19(2)29-25)33-16-7-11-26(31)32)17-20-12-14-21(15-13-20)23-9-6-5-8-22(23)18-28/h5-6,8-9,12-15H,3-4,7,10-11,16-17H2,1-2H3,(H,31,32). The van der Waals surface area contributed by atoms with Gasteiger partial charge in [-0.05, 0) is 48.9 Å². The second-order valence-electron chi connectivity index (χ2n) is 7.98. The fraction of sp³-hybridized carbons (Fsp3) is 0.333. The van der Waals surface area contributed by atoms with Gasteiger partial charge in [0.1, 0.15) is 5.82 Å². The van der Waals surface area contributed by atoms with Crippen LogP contribution in [0.2, 0.25) is 0 Å². The van der Waals surface area contributed by atoms with E-state index in [0.717, 1.165) is 47.2 Å². The molecule has 6 heteroatoms. The summed E-state index contributed by atoms with van der Waals surface area (Å²) in [6.07, 6.45) is 4.03. The average molecular weight is 444 g/mol. The molecular formula is C27H29N3O3. The first-order chi connectivity index (χ1) is 16.0.